The summed E-state index contributed by atoms with van der Waals surface area (Å²) >= 11 is 27.6. The van der Waals surface area contributed by atoms with Crippen molar-refractivity contribution in [3.05, 3.63) is 0 Å². The van der Waals surface area contributed by atoms with Crippen LogP contribution in [0.4, 0.5) is 0 Å². The molecule has 0 aliphatic carbocycles. The predicted octanol–water partition coefficient (Wildman–Crippen LogP) is 10.9. The van der Waals surface area contributed by atoms with Crippen LogP contribution in [0.25, 0.3) is 0 Å². The first-order valence-electron chi connectivity index (χ1n) is 35.4. The van der Waals surface area contributed by atoms with Gasteiger partial charge in [0.2, 0.25) is 0 Å². The fourth-order valence-corrected chi connectivity index (χ4v) is 8.68. The Kier molecular flexibility index (Phi) is 210. The second kappa shape index (κ2) is 139. The Labute approximate surface area is 849 Å². The van der Waals surface area contributed by atoms with E-state index in [1.807, 2.05) is 0 Å². The van der Waals surface area contributed by atoms with Crippen LogP contribution in [0, 0.1) is 16.2 Å². The molecule has 40 heteroatoms. The van der Waals surface area contributed by atoms with Gasteiger partial charge < -0.3 is 165 Å². The molecule has 0 aromatic rings. The van der Waals surface area contributed by atoms with Crippen LogP contribution in [-0.4, -0.2) is 454 Å². The molecule has 5 aliphatic heterocycles. The van der Waals surface area contributed by atoms with Crippen LogP contribution in [0.15, 0.2) is 0 Å². The van der Waals surface area contributed by atoms with E-state index >= 15 is 0 Å². The molecule has 130 heavy (non-hydrogen) atoms. The van der Waals surface area contributed by atoms with Crippen molar-refractivity contribution in [3.8, 4) is 0 Å². The maximum atomic E-state index is 9.51. The molecule has 5 saturated heterocycles. The van der Waals surface area contributed by atoms with Crippen LogP contribution < -0.4 is 29.6 Å². The molecular formula is C90H222Cl5NaO34. The number of aliphatic hydroxyl groups excluding tert-OH is 8. The van der Waals surface area contributed by atoms with Crippen molar-refractivity contribution in [1.29, 1.82) is 0 Å². The van der Waals surface area contributed by atoms with Gasteiger partial charge in [0.1, 0.15) is 24.4 Å². The Morgan fingerprint density at radius 1 is 0.215 bits per heavy atom. The van der Waals surface area contributed by atoms with Crippen molar-refractivity contribution in [1.82, 2.24) is 0 Å². The third-order valence-corrected chi connectivity index (χ3v) is 15.9. The van der Waals surface area contributed by atoms with Crippen LogP contribution in [0.5, 0.6) is 0 Å². The van der Waals surface area contributed by atoms with Crippen molar-refractivity contribution < 1.29 is 194 Å². The molecule has 9 atom stereocenters. The van der Waals surface area contributed by atoms with Crippen LogP contribution in [0.2, 0.25) is 0 Å². The van der Waals surface area contributed by atoms with Crippen LogP contribution >= 0.6 is 58.0 Å². The number of rotatable bonds is 77. The summed E-state index contributed by atoms with van der Waals surface area (Å²) in [5, 5.41) is 73.2. The van der Waals surface area contributed by atoms with Gasteiger partial charge in [-0.25, -0.2) is 0 Å². The minimum absolute atomic E-state index is 0. The predicted molar refractivity (Wildman–Crippen MR) is 542 cm³/mol. The molecule has 5 fully saturated rings. The molecule has 34 nitrogen and oxygen atoms in total. The molecule has 0 saturated carbocycles. The van der Waals surface area contributed by atoms with Crippen LogP contribution in [0.3, 0.4) is 0 Å². The molecule has 9 unspecified atom stereocenters. The van der Waals surface area contributed by atoms with Gasteiger partial charge in [0.05, 0.1) is 400 Å². The topological polar surface area (TPSA) is 439 Å². The Balaban J connectivity index is -0.0000000504. The molecule has 0 spiro atoms. The van der Waals surface area contributed by atoms with Gasteiger partial charge in [-0.05, 0) is 0 Å². The molecule has 5 rings (SSSR count). The Hall–Kier alpha value is 1.09. The van der Waals surface area contributed by atoms with Gasteiger partial charge in [-0.15, -0.1) is 58.0 Å². The summed E-state index contributed by atoms with van der Waals surface area (Å²) in [5.41, 5.74) is -1.87. The quantitative estimate of drug-likeness (QED) is 0.0121. The number of halogens is 5. The number of epoxide rings is 5. The summed E-state index contributed by atoms with van der Waals surface area (Å²) in [6.45, 7) is 16.3. The van der Waals surface area contributed by atoms with E-state index in [1.54, 1.807) is 0 Å². The van der Waals surface area contributed by atoms with Gasteiger partial charge in [0.25, 0.3) is 0 Å². The van der Waals surface area contributed by atoms with Crippen LogP contribution in [-0.2, 0) is 118 Å². The summed E-state index contributed by atoms with van der Waals surface area (Å²) in [6, 6.07) is 0. The van der Waals surface area contributed by atoms with E-state index in [1.165, 1.54) is 0 Å². The standard InChI is InChI=1S/C25H48Cl4O12.C25H44O12.C13H28O8.C3H5ClO.24CH4.Na.H2O/c26-9-21(30)13-34-1-5-38-17-25(18-39-6-2-35-14-22(31)10-27,19-40-7-3-36-15-23(32)11-28)20-41-8-4-37-16-24(33)12-29;1(26-9-21-13-34-21)5-30-17-25(18-31-6-2-27-10-22-14-35-22,19-32-7-3-28-11-23-15-36-23)20-33-8-4-29-12-24-16-37-24;14-1-5-18-9-13(10-19-6-2-15,11-20-7-3-16)12-21-8-4-17;4-1-3-2-5-3;;;;;;;;;;;;;;;;;;;;;;;;;;/h21-24,30-33H,1-20H2;21-24H,1-20H2;14-17H,1-12H2;3H,1-2H2;24*1H4;;1H2/q;;;;;;;;;;;;;;;;;;;;;;;;;;;;+1;/p-1. The van der Waals surface area contributed by atoms with Crippen molar-refractivity contribution in [2.24, 2.45) is 16.2 Å². The number of aliphatic hydroxyl groups is 8. The van der Waals surface area contributed by atoms with Crippen molar-refractivity contribution in [3.63, 3.8) is 0 Å². The van der Waals surface area contributed by atoms with Gasteiger partial charge in [0, 0.05) is 0 Å². The molecule has 0 aromatic heterocycles. The third-order valence-electron chi connectivity index (χ3n) is 14.2. The van der Waals surface area contributed by atoms with Crippen molar-refractivity contribution in [2.45, 2.75) is 233 Å². The zero-order valence-electron chi connectivity index (χ0n) is 62.0. The second-order valence-electron chi connectivity index (χ2n) is 24.8. The number of ether oxygens (including phenoxy) is 25. The number of hydrogen-bond donors (Lipinski definition) is 8. The van der Waals surface area contributed by atoms with E-state index in [9.17, 15) is 20.4 Å². The molecule has 0 amide bonds. The number of hydrogen-bond acceptors (Lipinski definition) is 34. The van der Waals surface area contributed by atoms with Gasteiger partial charge in [-0.3, -0.25) is 0 Å². The van der Waals surface area contributed by atoms with E-state index in [0.29, 0.717) is 118 Å². The fraction of sp³-hybridized carbons (Fsp3) is 1.00. The molecule has 9 N–H and O–H groups in total. The van der Waals surface area contributed by atoms with E-state index in [4.69, 9.17) is 197 Å². The largest absolute Gasteiger partial charge is 1.00 e. The van der Waals surface area contributed by atoms with E-state index in [-0.39, 0.29) is 446 Å². The average Bonchev–Trinajstić information content (AvgIpc) is 0.989. The molecule has 0 radical (unpaired) electrons. The molecule has 5 heterocycles. The van der Waals surface area contributed by atoms with Gasteiger partial charge in [-0.2, -0.15) is 0 Å². The second-order valence-corrected chi connectivity index (χ2v) is 26.3. The Morgan fingerprint density at radius 2 is 0.338 bits per heavy atom. The zero-order valence-corrected chi connectivity index (χ0v) is 67.8. The summed E-state index contributed by atoms with van der Waals surface area (Å²) in [5.74, 6) is 0.975. The third kappa shape index (κ3) is 125. The normalized spacial score (nSPS) is 16.2. The van der Waals surface area contributed by atoms with Gasteiger partial charge in [-0.1, -0.05) is 178 Å². The summed E-state index contributed by atoms with van der Waals surface area (Å²) in [7, 11) is 0. The summed E-state index contributed by atoms with van der Waals surface area (Å²) < 4.78 is 138. The Bertz CT molecular complexity index is 1600. The summed E-state index contributed by atoms with van der Waals surface area (Å²) in [4.78, 5) is 0. The minimum Gasteiger partial charge on any atom is -0.870 e. The zero-order chi connectivity index (χ0) is 75.6. The van der Waals surface area contributed by atoms with Gasteiger partial charge >= 0.3 is 29.6 Å². The maximum Gasteiger partial charge on any atom is 1.00 e. The molecule has 822 valence electrons. The smallest absolute Gasteiger partial charge is 0.870 e. The molecule has 0 aromatic carbocycles. The molecule has 0 bridgehead atoms. The Morgan fingerprint density at radius 3 is 0.446 bits per heavy atom. The SMILES string of the molecule is C.C.C.C.C.C.C.C.C.C.C.C.C.C.C.C.C.C.C.C.C.C.C.C.C(COCC(COCCOCC1CO1)(COCCOCC1CO1)COCCOCC1CO1)OCC1CO1.ClCC1CO1.OC(CCl)COCCOCC(COCCOCC(O)CCl)(COCCOCC(O)CCl)COCCOCC(O)CCl.OCCOCC(COCCO)(COCCO)COCCO.[Na+].[OH-]. The van der Waals surface area contributed by atoms with Gasteiger partial charge in [0.15, 0.2) is 0 Å². The van der Waals surface area contributed by atoms with E-state index in [0.717, 1.165) is 33.0 Å². The first-order valence-corrected chi connectivity index (χ1v) is 38.1. The first-order chi connectivity index (χ1) is 50.8. The minimum atomic E-state index is -0.751. The fourth-order valence-electron chi connectivity index (χ4n) is 8.14. The van der Waals surface area contributed by atoms with Crippen molar-refractivity contribution >= 4 is 58.0 Å². The molecular weight excluding hydrogens is 1830 g/mol. The monoisotopic (exact) mass is 2050 g/mol. The number of alkyl halides is 5. The first kappa shape index (κ1) is 197. The summed E-state index contributed by atoms with van der Waals surface area (Å²) in [6.07, 6.45) is -1.64. The molecule has 5 aliphatic rings. The maximum absolute atomic E-state index is 9.51. The van der Waals surface area contributed by atoms with Crippen LogP contribution in [0.1, 0.15) is 178 Å². The van der Waals surface area contributed by atoms with E-state index in [2.05, 4.69) is 0 Å². The average molecular weight is 2050 g/mol. The van der Waals surface area contributed by atoms with E-state index < -0.39 is 40.7 Å². The van der Waals surface area contributed by atoms with Crippen molar-refractivity contribution in [2.75, 3.05) is 353 Å².